The monoisotopic (exact) mass is 238 g/mol. The Bertz CT molecular complexity index is 673. The number of aromatic amines is 1. The molecule has 4 heteroatoms. The summed E-state index contributed by atoms with van der Waals surface area (Å²) in [5, 5.41) is 0.874. The normalized spacial score (nSPS) is 12.7. The van der Waals surface area contributed by atoms with Crippen LogP contribution >= 0.6 is 0 Å². The molecule has 0 aliphatic carbocycles. The van der Waals surface area contributed by atoms with Crippen molar-refractivity contribution in [1.82, 2.24) is 15.0 Å². The number of nitrogens with zero attached hydrogens (tertiary/aromatic N) is 2. The molecule has 3 aromatic rings. The first kappa shape index (κ1) is 10.8. The zero-order valence-electron chi connectivity index (χ0n) is 10.1. The summed E-state index contributed by atoms with van der Waals surface area (Å²) >= 11 is 0. The fourth-order valence-corrected chi connectivity index (χ4v) is 2.07. The molecule has 0 saturated carbocycles. The van der Waals surface area contributed by atoms with Gasteiger partial charge in [-0.1, -0.05) is 37.3 Å². The third-order valence-corrected chi connectivity index (χ3v) is 3.15. The molecule has 2 heterocycles. The molecule has 0 spiro atoms. The summed E-state index contributed by atoms with van der Waals surface area (Å²) in [4.78, 5) is 12.0. The number of hydrogen-bond donors (Lipinski definition) is 2. The molecule has 1 aromatic carbocycles. The predicted molar refractivity (Wildman–Crippen MR) is 72.3 cm³/mol. The summed E-state index contributed by atoms with van der Waals surface area (Å²) in [5.74, 6) is 1.40. The van der Waals surface area contributed by atoms with Crippen molar-refractivity contribution in [2.45, 2.75) is 12.8 Å². The number of fused-ring (bicyclic) bond motifs is 1. The third-order valence-electron chi connectivity index (χ3n) is 3.15. The van der Waals surface area contributed by atoms with Crippen LogP contribution in [0.1, 0.15) is 24.2 Å². The van der Waals surface area contributed by atoms with E-state index in [1.54, 1.807) is 0 Å². The van der Waals surface area contributed by atoms with E-state index in [1.165, 1.54) is 5.56 Å². The van der Waals surface area contributed by atoms with Gasteiger partial charge in [-0.2, -0.15) is 0 Å². The number of rotatable bonds is 2. The largest absolute Gasteiger partial charge is 0.383 e. The molecule has 3 rings (SSSR count). The maximum Gasteiger partial charge on any atom is 0.143 e. The smallest absolute Gasteiger partial charge is 0.143 e. The molecule has 0 aliphatic rings. The third kappa shape index (κ3) is 1.72. The van der Waals surface area contributed by atoms with Crippen LogP contribution in [0.5, 0.6) is 0 Å². The number of nitrogen functional groups attached to an aromatic ring is 1. The van der Waals surface area contributed by atoms with Gasteiger partial charge in [-0.25, -0.2) is 9.97 Å². The van der Waals surface area contributed by atoms with E-state index in [-0.39, 0.29) is 5.92 Å². The van der Waals surface area contributed by atoms with Crippen molar-refractivity contribution < 1.29 is 0 Å². The van der Waals surface area contributed by atoms with Crippen molar-refractivity contribution in [3.05, 3.63) is 54.0 Å². The predicted octanol–water partition coefficient (Wildman–Crippen LogP) is 2.69. The number of nitrogens with two attached hydrogens (primary N) is 1. The first-order valence-corrected chi connectivity index (χ1v) is 5.91. The zero-order chi connectivity index (χ0) is 12.5. The molecule has 3 N–H and O–H groups in total. The molecule has 0 radical (unpaired) electrons. The highest BCUT2D eigenvalue weighted by Crippen LogP contribution is 2.24. The average Bonchev–Trinajstić information content (AvgIpc) is 2.88. The Labute approximate surface area is 105 Å². The molecule has 4 nitrogen and oxygen atoms in total. The first-order chi connectivity index (χ1) is 8.75. The van der Waals surface area contributed by atoms with Gasteiger partial charge in [-0.3, -0.25) is 0 Å². The molecule has 2 aromatic heterocycles. The van der Waals surface area contributed by atoms with E-state index in [9.17, 15) is 0 Å². The minimum Gasteiger partial charge on any atom is -0.383 e. The van der Waals surface area contributed by atoms with Crippen LogP contribution < -0.4 is 5.73 Å². The second kappa shape index (κ2) is 4.14. The molecule has 0 saturated heterocycles. The second-order valence-electron chi connectivity index (χ2n) is 4.34. The van der Waals surface area contributed by atoms with Gasteiger partial charge in [0.25, 0.3) is 0 Å². The molecule has 18 heavy (non-hydrogen) atoms. The van der Waals surface area contributed by atoms with E-state index in [0.29, 0.717) is 5.82 Å². The van der Waals surface area contributed by atoms with Gasteiger partial charge in [0.1, 0.15) is 17.3 Å². The first-order valence-electron chi connectivity index (χ1n) is 5.91. The van der Waals surface area contributed by atoms with Gasteiger partial charge in [-0.15, -0.1) is 0 Å². The summed E-state index contributed by atoms with van der Waals surface area (Å²) in [6.07, 6.45) is 1.83. The molecule has 0 bridgehead atoms. The summed E-state index contributed by atoms with van der Waals surface area (Å²) < 4.78 is 0. The van der Waals surface area contributed by atoms with Gasteiger partial charge in [0.2, 0.25) is 0 Å². The lowest BCUT2D eigenvalue weighted by molar-refractivity contribution is 0.827. The Morgan fingerprint density at radius 1 is 1.11 bits per heavy atom. The zero-order valence-corrected chi connectivity index (χ0v) is 10.1. The van der Waals surface area contributed by atoms with Crippen molar-refractivity contribution in [2.75, 3.05) is 5.73 Å². The highest BCUT2D eigenvalue weighted by molar-refractivity contribution is 5.85. The molecule has 90 valence electrons. The van der Waals surface area contributed by atoms with Crippen LogP contribution in [0.15, 0.2) is 42.6 Å². The molecule has 1 atom stereocenters. The van der Waals surface area contributed by atoms with E-state index in [4.69, 9.17) is 5.73 Å². The van der Waals surface area contributed by atoms with Crippen LogP contribution in [0.4, 0.5) is 5.82 Å². The number of nitrogens with one attached hydrogen (secondary N) is 1. The molecule has 0 unspecified atom stereocenters. The second-order valence-corrected chi connectivity index (χ2v) is 4.34. The number of anilines is 1. The SMILES string of the molecule is C[C@H](c1ccccc1)c1nc(N)c2cc[nH]c2n1. The van der Waals surface area contributed by atoms with E-state index in [2.05, 4.69) is 34.0 Å². The Morgan fingerprint density at radius 3 is 2.67 bits per heavy atom. The standard InChI is InChI=1S/C14H14N4/c1-9(10-5-3-2-4-6-10)13-17-12(15)11-7-8-16-14(11)18-13/h2-9H,1H3,(H3,15,16,17,18)/t9-/m1/s1. The average molecular weight is 238 g/mol. The molecule has 0 amide bonds. The van der Waals surface area contributed by atoms with Crippen LogP contribution in [-0.2, 0) is 0 Å². The van der Waals surface area contributed by atoms with Crippen molar-refractivity contribution in [3.63, 3.8) is 0 Å². The molecular weight excluding hydrogens is 224 g/mol. The fraction of sp³-hybridized carbons (Fsp3) is 0.143. The lowest BCUT2D eigenvalue weighted by atomic mass is 10.0. The van der Waals surface area contributed by atoms with Gasteiger partial charge in [0, 0.05) is 12.1 Å². The lowest BCUT2D eigenvalue weighted by Gasteiger charge is -2.11. The van der Waals surface area contributed by atoms with Gasteiger partial charge in [0.15, 0.2) is 0 Å². The quantitative estimate of drug-likeness (QED) is 0.721. The van der Waals surface area contributed by atoms with Gasteiger partial charge in [0.05, 0.1) is 5.39 Å². The van der Waals surface area contributed by atoms with E-state index in [0.717, 1.165) is 16.9 Å². The lowest BCUT2D eigenvalue weighted by Crippen LogP contribution is -2.05. The van der Waals surface area contributed by atoms with Crippen molar-refractivity contribution >= 4 is 16.9 Å². The highest BCUT2D eigenvalue weighted by atomic mass is 15.0. The van der Waals surface area contributed by atoms with Crippen LogP contribution in [-0.4, -0.2) is 15.0 Å². The minimum atomic E-state index is 0.126. The van der Waals surface area contributed by atoms with E-state index >= 15 is 0 Å². The summed E-state index contributed by atoms with van der Waals surface area (Å²) in [7, 11) is 0. The fourth-order valence-electron chi connectivity index (χ4n) is 2.07. The number of aromatic nitrogens is 3. The number of benzene rings is 1. The Balaban J connectivity index is 2.09. The van der Waals surface area contributed by atoms with Crippen LogP contribution in [0, 0.1) is 0 Å². The van der Waals surface area contributed by atoms with Gasteiger partial charge >= 0.3 is 0 Å². The Morgan fingerprint density at radius 2 is 1.89 bits per heavy atom. The summed E-state index contributed by atoms with van der Waals surface area (Å²) in [5.41, 5.74) is 7.92. The van der Waals surface area contributed by atoms with E-state index < -0.39 is 0 Å². The molecule has 0 aliphatic heterocycles. The molecule has 0 fully saturated rings. The maximum absolute atomic E-state index is 5.95. The highest BCUT2D eigenvalue weighted by Gasteiger charge is 2.14. The van der Waals surface area contributed by atoms with Crippen LogP contribution in [0.25, 0.3) is 11.0 Å². The van der Waals surface area contributed by atoms with E-state index in [1.807, 2.05) is 30.5 Å². The summed E-state index contributed by atoms with van der Waals surface area (Å²) in [6, 6.07) is 12.1. The Hall–Kier alpha value is -2.36. The van der Waals surface area contributed by atoms with Crippen LogP contribution in [0.3, 0.4) is 0 Å². The Kier molecular flexibility index (Phi) is 2.48. The van der Waals surface area contributed by atoms with Crippen molar-refractivity contribution in [1.29, 1.82) is 0 Å². The number of hydrogen-bond acceptors (Lipinski definition) is 3. The van der Waals surface area contributed by atoms with Crippen molar-refractivity contribution in [2.24, 2.45) is 0 Å². The van der Waals surface area contributed by atoms with Crippen LogP contribution in [0.2, 0.25) is 0 Å². The number of H-pyrrole nitrogens is 1. The minimum absolute atomic E-state index is 0.126. The van der Waals surface area contributed by atoms with Gasteiger partial charge < -0.3 is 10.7 Å². The van der Waals surface area contributed by atoms with Gasteiger partial charge in [-0.05, 0) is 11.6 Å². The van der Waals surface area contributed by atoms with Crippen molar-refractivity contribution in [3.8, 4) is 0 Å². The summed E-state index contributed by atoms with van der Waals surface area (Å²) in [6.45, 7) is 2.08. The topological polar surface area (TPSA) is 67.6 Å². The molecular formula is C14H14N4. The maximum atomic E-state index is 5.95.